The van der Waals surface area contributed by atoms with Crippen LogP contribution in [0.2, 0.25) is 0 Å². The Morgan fingerprint density at radius 3 is 2.41 bits per heavy atom. The van der Waals surface area contributed by atoms with Gasteiger partial charge in [0.25, 0.3) is 5.91 Å². The van der Waals surface area contributed by atoms with Crippen molar-refractivity contribution in [1.29, 1.82) is 0 Å². The van der Waals surface area contributed by atoms with E-state index in [9.17, 15) is 4.79 Å². The third kappa shape index (κ3) is 3.07. The molecule has 0 saturated carbocycles. The number of carbonyl (C=O) groups is 1. The first-order valence-electron chi connectivity index (χ1n) is 6.09. The number of halogens is 1. The molecule has 3 nitrogen and oxygen atoms in total. The van der Waals surface area contributed by atoms with E-state index in [2.05, 4.69) is 22.9 Å². The second kappa shape index (κ2) is 5.65. The fourth-order valence-electron chi connectivity index (χ4n) is 2.15. The highest BCUT2D eigenvalue weighted by molar-refractivity contribution is 9.10. The highest BCUT2D eigenvalue weighted by Crippen LogP contribution is 2.12. The molecular weight excluding hydrogens is 280 g/mol. The summed E-state index contributed by atoms with van der Waals surface area (Å²) >= 11 is 3.38. The van der Waals surface area contributed by atoms with Crippen molar-refractivity contribution in [2.45, 2.75) is 6.92 Å². The molecule has 1 aliphatic heterocycles. The summed E-state index contributed by atoms with van der Waals surface area (Å²) in [7, 11) is 0. The fraction of sp³-hybridized carbons (Fsp3) is 0.462. The van der Waals surface area contributed by atoms with Gasteiger partial charge in [0.15, 0.2) is 0 Å². The molecule has 2 rings (SSSR count). The van der Waals surface area contributed by atoms with Crippen LogP contribution in [0.1, 0.15) is 17.3 Å². The van der Waals surface area contributed by atoms with Gasteiger partial charge < -0.3 is 9.80 Å². The molecule has 17 heavy (non-hydrogen) atoms. The van der Waals surface area contributed by atoms with E-state index in [0.29, 0.717) is 0 Å². The lowest BCUT2D eigenvalue weighted by atomic mass is 10.2. The van der Waals surface area contributed by atoms with E-state index in [-0.39, 0.29) is 5.91 Å². The van der Waals surface area contributed by atoms with E-state index in [1.54, 1.807) is 4.90 Å². The Hall–Kier alpha value is -0.870. The van der Waals surface area contributed by atoms with E-state index in [4.69, 9.17) is 0 Å². The SMILES string of the molecule is CC[NH+]1CCN(C(=O)c2ccc(Br)cc2)CC1. The summed E-state index contributed by atoms with van der Waals surface area (Å²) in [5.41, 5.74) is 0.785. The number of amides is 1. The average molecular weight is 298 g/mol. The first-order chi connectivity index (χ1) is 8.20. The lowest BCUT2D eigenvalue weighted by molar-refractivity contribution is -0.902. The highest BCUT2D eigenvalue weighted by atomic mass is 79.9. The number of rotatable bonds is 2. The molecule has 1 aliphatic rings. The van der Waals surface area contributed by atoms with E-state index >= 15 is 0 Å². The zero-order chi connectivity index (χ0) is 12.3. The number of nitrogens with one attached hydrogen (secondary N) is 1. The van der Waals surface area contributed by atoms with Crippen LogP contribution in [0.4, 0.5) is 0 Å². The molecule has 0 aromatic heterocycles. The smallest absolute Gasteiger partial charge is 0.254 e. The number of benzene rings is 1. The van der Waals surface area contributed by atoms with E-state index in [0.717, 1.165) is 42.8 Å². The zero-order valence-corrected chi connectivity index (χ0v) is 11.7. The molecule has 1 aromatic rings. The molecule has 0 spiro atoms. The first kappa shape index (κ1) is 12.6. The number of nitrogens with zero attached hydrogens (tertiary/aromatic N) is 1. The summed E-state index contributed by atoms with van der Waals surface area (Å²) in [4.78, 5) is 15.8. The number of likely N-dealkylation sites (N-methyl/N-ethyl adjacent to an activating group) is 1. The molecule has 0 radical (unpaired) electrons. The second-order valence-corrected chi connectivity index (χ2v) is 5.32. The van der Waals surface area contributed by atoms with Gasteiger partial charge in [0.05, 0.1) is 32.7 Å². The van der Waals surface area contributed by atoms with Gasteiger partial charge in [0.2, 0.25) is 0 Å². The highest BCUT2D eigenvalue weighted by Gasteiger charge is 2.23. The summed E-state index contributed by atoms with van der Waals surface area (Å²) in [6, 6.07) is 7.60. The minimum atomic E-state index is 0.160. The Balaban J connectivity index is 1.99. The van der Waals surface area contributed by atoms with Crippen molar-refractivity contribution in [1.82, 2.24) is 4.90 Å². The molecular formula is C13H18BrN2O+. The van der Waals surface area contributed by atoms with Crippen LogP contribution in [0.15, 0.2) is 28.7 Å². The van der Waals surface area contributed by atoms with E-state index in [1.165, 1.54) is 0 Å². The summed E-state index contributed by atoms with van der Waals surface area (Å²) in [6.07, 6.45) is 0. The van der Waals surface area contributed by atoms with Crippen LogP contribution in [-0.4, -0.2) is 43.5 Å². The van der Waals surface area contributed by atoms with Gasteiger partial charge in [-0.1, -0.05) is 15.9 Å². The molecule has 0 aliphatic carbocycles. The number of hydrogen-bond acceptors (Lipinski definition) is 1. The lowest BCUT2D eigenvalue weighted by Crippen LogP contribution is -3.14. The molecule has 1 fully saturated rings. The van der Waals surface area contributed by atoms with Gasteiger partial charge in [-0.25, -0.2) is 0 Å². The van der Waals surface area contributed by atoms with Gasteiger partial charge >= 0.3 is 0 Å². The maximum atomic E-state index is 12.2. The van der Waals surface area contributed by atoms with Crippen molar-refractivity contribution in [2.24, 2.45) is 0 Å². The van der Waals surface area contributed by atoms with Crippen molar-refractivity contribution in [3.63, 3.8) is 0 Å². The zero-order valence-electron chi connectivity index (χ0n) is 10.1. The first-order valence-corrected chi connectivity index (χ1v) is 6.88. The van der Waals surface area contributed by atoms with E-state index in [1.807, 2.05) is 29.2 Å². The monoisotopic (exact) mass is 297 g/mol. The van der Waals surface area contributed by atoms with Crippen LogP contribution in [0.5, 0.6) is 0 Å². The molecule has 0 unspecified atom stereocenters. The Morgan fingerprint density at radius 2 is 1.88 bits per heavy atom. The van der Waals surface area contributed by atoms with Crippen molar-refractivity contribution in [3.05, 3.63) is 34.3 Å². The number of piperazine rings is 1. The van der Waals surface area contributed by atoms with Gasteiger partial charge in [-0.15, -0.1) is 0 Å². The van der Waals surface area contributed by atoms with Crippen LogP contribution in [-0.2, 0) is 0 Å². The predicted octanol–water partition coefficient (Wildman–Crippen LogP) is 0.810. The molecule has 4 heteroatoms. The molecule has 1 saturated heterocycles. The Labute approximate surface area is 111 Å². The normalized spacial score (nSPS) is 17.2. The van der Waals surface area contributed by atoms with Crippen LogP contribution in [0.3, 0.4) is 0 Å². The number of hydrogen-bond donors (Lipinski definition) is 1. The van der Waals surface area contributed by atoms with Gasteiger partial charge in [-0.05, 0) is 31.2 Å². The maximum Gasteiger partial charge on any atom is 0.254 e. The number of carbonyl (C=O) groups excluding carboxylic acids is 1. The van der Waals surface area contributed by atoms with Crippen LogP contribution >= 0.6 is 15.9 Å². The summed E-state index contributed by atoms with van der Waals surface area (Å²) in [5.74, 6) is 0.160. The largest absolute Gasteiger partial charge is 0.332 e. The maximum absolute atomic E-state index is 12.2. The van der Waals surface area contributed by atoms with Crippen molar-refractivity contribution in [3.8, 4) is 0 Å². The molecule has 92 valence electrons. The molecule has 0 bridgehead atoms. The Morgan fingerprint density at radius 1 is 1.29 bits per heavy atom. The molecule has 1 aromatic carbocycles. The topological polar surface area (TPSA) is 24.8 Å². The van der Waals surface area contributed by atoms with E-state index < -0.39 is 0 Å². The standard InChI is InChI=1S/C13H17BrN2O/c1-2-15-7-9-16(10-8-15)13(17)11-3-5-12(14)6-4-11/h3-6H,2,7-10H2,1H3/p+1. The van der Waals surface area contributed by atoms with Gasteiger partial charge in [0.1, 0.15) is 0 Å². The molecule has 1 N–H and O–H groups in total. The number of quaternary nitrogens is 1. The van der Waals surface area contributed by atoms with Gasteiger partial charge in [-0.2, -0.15) is 0 Å². The Kier molecular flexibility index (Phi) is 4.18. The van der Waals surface area contributed by atoms with Crippen LogP contribution < -0.4 is 4.90 Å². The molecule has 1 amide bonds. The van der Waals surface area contributed by atoms with Crippen molar-refractivity contribution < 1.29 is 9.69 Å². The Bertz CT molecular complexity index is 383. The predicted molar refractivity (Wildman–Crippen MR) is 71.3 cm³/mol. The van der Waals surface area contributed by atoms with Gasteiger partial charge in [-0.3, -0.25) is 4.79 Å². The van der Waals surface area contributed by atoms with Crippen LogP contribution in [0, 0.1) is 0 Å². The summed E-state index contributed by atoms with van der Waals surface area (Å²) in [5, 5.41) is 0. The second-order valence-electron chi connectivity index (χ2n) is 4.40. The summed E-state index contributed by atoms with van der Waals surface area (Å²) < 4.78 is 1.01. The third-order valence-electron chi connectivity index (χ3n) is 3.35. The fourth-order valence-corrected chi connectivity index (χ4v) is 2.42. The quantitative estimate of drug-likeness (QED) is 0.859. The van der Waals surface area contributed by atoms with Crippen molar-refractivity contribution >= 4 is 21.8 Å². The molecule has 0 atom stereocenters. The minimum Gasteiger partial charge on any atom is -0.332 e. The van der Waals surface area contributed by atoms with Crippen molar-refractivity contribution in [2.75, 3.05) is 32.7 Å². The average Bonchev–Trinajstić information content (AvgIpc) is 2.39. The summed E-state index contributed by atoms with van der Waals surface area (Å²) in [6.45, 7) is 7.23. The minimum absolute atomic E-state index is 0.160. The third-order valence-corrected chi connectivity index (χ3v) is 3.88. The van der Waals surface area contributed by atoms with Crippen LogP contribution in [0.25, 0.3) is 0 Å². The van der Waals surface area contributed by atoms with Gasteiger partial charge in [0, 0.05) is 10.0 Å². The molecule has 1 heterocycles. The lowest BCUT2D eigenvalue weighted by Gasteiger charge is -2.31.